The van der Waals surface area contributed by atoms with Crippen molar-refractivity contribution in [1.29, 1.82) is 0 Å². The van der Waals surface area contributed by atoms with Crippen LogP contribution in [0.1, 0.15) is 12.0 Å². The van der Waals surface area contributed by atoms with Crippen LogP contribution in [-0.2, 0) is 4.79 Å². The first kappa shape index (κ1) is 12.0. The number of nitrogens with one attached hydrogen (secondary N) is 2. The van der Waals surface area contributed by atoms with Gasteiger partial charge in [-0.15, -0.1) is 0 Å². The number of carbonyl (C=O) groups is 1. The lowest BCUT2D eigenvalue weighted by Gasteiger charge is -2.12. The number of aliphatic hydroxyl groups is 1. The lowest BCUT2D eigenvalue weighted by Crippen LogP contribution is -2.35. The van der Waals surface area contributed by atoms with Crippen LogP contribution in [0.25, 0.3) is 0 Å². The second-order valence-corrected chi connectivity index (χ2v) is 4.30. The van der Waals surface area contributed by atoms with Gasteiger partial charge in [-0.25, -0.2) is 4.39 Å². The minimum absolute atomic E-state index is 0.198. The van der Waals surface area contributed by atoms with Crippen molar-refractivity contribution in [1.82, 2.24) is 5.32 Å². The molecule has 2 rings (SSSR count). The Morgan fingerprint density at radius 3 is 2.94 bits per heavy atom. The molecular weight excluding hydrogens is 223 g/mol. The summed E-state index contributed by atoms with van der Waals surface area (Å²) in [5.41, 5.74) is 1.27. The first-order valence-electron chi connectivity index (χ1n) is 5.54. The Kier molecular flexibility index (Phi) is 3.40. The molecule has 3 N–H and O–H groups in total. The third kappa shape index (κ3) is 2.81. The van der Waals surface area contributed by atoms with E-state index in [2.05, 4.69) is 10.6 Å². The zero-order valence-electron chi connectivity index (χ0n) is 9.53. The number of aryl methyl sites for hydroxylation is 1. The van der Waals surface area contributed by atoms with Gasteiger partial charge in [-0.2, -0.15) is 0 Å². The fourth-order valence-electron chi connectivity index (χ4n) is 1.90. The molecule has 1 heterocycles. The zero-order chi connectivity index (χ0) is 12.4. The summed E-state index contributed by atoms with van der Waals surface area (Å²) in [6.07, 6.45) is -0.0634. The maximum absolute atomic E-state index is 12.9. The molecule has 1 fully saturated rings. The van der Waals surface area contributed by atoms with Crippen LogP contribution < -0.4 is 10.6 Å². The summed E-state index contributed by atoms with van der Waals surface area (Å²) in [6, 6.07) is 3.83. The Bertz CT molecular complexity index is 437. The smallest absolute Gasteiger partial charge is 0.241 e. The van der Waals surface area contributed by atoms with Gasteiger partial charge in [0, 0.05) is 12.2 Å². The molecule has 1 aromatic rings. The Balaban J connectivity index is 2.03. The van der Waals surface area contributed by atoms with Crippen LogP contribution in [0.4, 0.5) is 10.1 Å². The number of rotatable bonds is 2. The lowest BCUT2D eigenvalue weighted by molar-refractivity contribution is -0.117. The molecule has 1 amide bonds. The van der Waals surface area contributed by atoms with Crippen LogP contribution in [0.2, 0.25) is 0 Å². The third-order valence-electron chi connectivity index (χ3n) is 2.87. The molecule has 2 unspecified atom stereocenters. The van der Waals surface area contributed by atoms with Crippen LogP contribution in [0.5, 0.6) is 0 Å². The molecule has 1 aliphatic heterocycles. The highest BCUT2D eigenvalue weighted by Gasteiger charge is 2.28. The molecule has 1 aliphatic rings. The molecule has 0 bridgehead atoms. The number of hydrogen-bond acceptors (Lipinski definition) is 3. The standard InChI is InChI=1S/C12H15FN2O2/c1-7-4-8(13)2-3-10(7)15-12(17)11-5-9(16)6-14-11/h2-4,9,11,14,16H,5-6H2,1H3,(H,15,17). The number of benzene rings is 1. The summed E-state index contributed by atoms with van der Waals surface area (Å²) in [5, 5.41) is 15.0. The number of aliphatic hydroxyl groups excluding tert-OH is 1. The summed E-state index contributed by atoms with van der Waals surface area (Å²) < 4.78 is 12.9. The van der Waals surface area contributed by atoms with E-state index >= 15 is 0 Å². The molecule has 5 heteroatoms. The first-order chi connectivity index (χ1) is 8.06. The fourth-order valence-corrected chi connectivity index (χ4v) is 1.90. The number of anilines is 1. The van der Waals surface area contributed by atoms with Crippen LogP contribution in [0.15, 0.2) is 18.2 Å². The molecule has 4 nitrogen and oxygen atoms in total. The monoisotopic (exact) mass is 238 g/mol. The summed E-state index contributed by atoms with van der Waals surface area (Å²) in [6.45, 7) is 2.16. The molecule has 1 saturated heterocycles. The van der Waals surface area contributed by atoms with Gasteiger partial charge in [-0.3, -0.25) is 4.79 Å². The van der Waals surface area contributed by atoms with E-state index in [1.807, 2.05) is 0 Å². The highest BCUT2D eigenvalue weighted by molar-refractivity contribution is 5.95. The van der Waals surface area contributed by atoms with Crippen molar-refractivity contribution in [2.45, 2.75) is 25.5 Å². The van der Waals surface area contributed by atoms with Crippen LogP contribution in [0.3, 0.4) is 0 Å². The van der Waals surface area contributed by atoms with Gasteiger partial charge in [0.1, 0.15) is 5.82 Å². The van der Waals surface area contributed by atoms with E-state index in [1.54, 1.807) is 6.92 Å². The van der Waals surface area contributed by atoms with Crippen molar-refractivity contribution in [3.8, 4) is 0 Å². The Morgan fingerprint density at radius 1 is 1.59 bits per heavy atom. The quantitative estimate of drug-likeness (QED) is 0.714. The number of β-amino-alcohol motifs (C(OH)–C–C–N with tert-alkyl or cyclic N) is 1. The van der Waals surface area contributed by atoms with E-state index in [0.29, 0.717) is 24.2 Å². The highest BCUT2D eigenvalue weighted by atomic mass is 19.1. The van der Waals surface area contributed by atoms with Crippen molar-refractivity contribution >= 4 is 11.6 Å². The number of carbonyl (C=O) groups excluding carboxylic acids is 1. The molecule has 17 heavy (non-hydrogen) atoms. The van der Waals surface area contributed by atoms with Crippen LogP contribution in [0, 0.1) is 12.7 Å². The van der Waals surface area contributed by atoms with Crippen molar-refractivity contribution in [3.05, 3.63) is 29.6 Å². The minimum Gasteiger partial charge on any atom is -0.392 e. The molecule has 0 radical (unpaired) electrons. The number of hydrogen-bond donors (Lipinski definition) is 3. The van der Waals surface area contributed by atoms with Gasteiger partial charge >= 0.3 is 0 Å². The molecule has 0 spiro atoms. The Hall–Kier alpha value is -1.46. The lowest BCUT2D eigenvalue weighted by atomic mass is 10.1. The van der Waals surface area contributed by atoms with Gasteiger partial charge in [-0.1, -0.05) is 0 Å². The van der Waals surface area contributed by atoms with E-state index < -0.39 is 6.10 Å². The summed E-state index contributed by atoms with van der Waals surface area (Å²) in [4.78, 5) is 11.8. The predicted molar refractivity (Wildman–Crippen MR) is 62.2 cm³/mol. The average molecular weight is 238 g/mol. The second kappa shape index (κ2) is 4.81. The fraction of sp³-hybridized carbons (Fsp3) is 0.417. The summed E-state index contributed by atoms with van der Waals surface area (Å²) >= 11 is 0. The highest BCUT2D eigenvalue weighted by Crippen LogP contribution is 2.17. The van der Waals surface area contributed by atoms with Crippen LogP contribution in [-0.4, -0.2) is 29.7 Å². The molecule has 1 aromatic carbocycles. The summed E-state index contributed by atoms with van der Waals surface area (Å²) in [7, 11) is 0. The largest absolute Gasteiger partial charge is 0.392 e. The van der Waals surface area contributed by atoms with Crippen molar-refractivity contribution in [3.63, 3.8) is 0 Å². The SMILES string of the molecule is Cc1cc(F)ccc1NC(=O)C1CC(O)CN1. The van der Waals surface area contributed by atoms with Gasteiger partial charge in [0.05, 0.1) is 12.1 Å². The van der Waals surface area contributed by atoms with E-state index in [1.165, 1.54) is 18.2 Å². The van der Waals surface area contributed by atoms with Gasteiger partial charge in [0.2, 0.25) is 5.91 Å². The Morgan fingerprint density at radius 2 is 2.35 bits per heavy atom. The number of halogens is 1. The topological polar surface area (TPSA) is 61.4 Å². The average Bonchev–Trinajstić information content (AvgIpc) is 2.69. The van der Waals surface area contributed by atoms with E-state index in [9.17, 15) is 14.3 Å². The predicted octanol–water partition coefficient (Wildman–Crippen LogP) is 0.795. The molecule has 0 aromatic heterocycles. The molecule has 0 aliphatic carbocycles. The van der Waals surface area contributed by atoms with Crippen molar-refractivity contribution in [2.24, 2.45) is 0 Å². The third-order valence-corrected chi connectivity index (χ3v) is 2.87. The van der Waals surface area contributed by atoms with Crippen molar-refractivity contribution in [2.75, 3.05) is 11.9 Å². The molecule has 0 saturated carbocycles. The van der Waals surface area contributed by atoms with Crippen LogP contribution >= 0.6 is 0 Å². The summed E-state index contributed by atoms with van der Waals surface area (Å²) in [5.74, 6) is -0.522. The molecule has 2 atom stereocenters. The maximum atomic E-state index is 12.9. The van der Waals surface area contributed by atoms with Gasteiger partial charge in [-0.05, 0) is 37.1 Å². The van der Waals surface area contributed by atoms with Gasteiger partial charge in [0.25, 0.3) is 0 Å². The van der Waals surface area contributed by atoms with E-state index in [4.69, 9.17) is 0 Å². The maximum Gasteiger partial charge on any atom is 0.241 e. The molecular formula is C12H15FN2O2. The van der Waals surface area contributed by atoms with Gasteiger partial charge < -0.3 is 15.7 Å². The van der Waals surface area contributed by atoms with E-state index in [-0.39, 0.29) is 17.8 Å². The van der Waals surface area contributed by atoms with E-state index in [0.717, 1.165) is 0 Å². The van der Waals surface area contributed by atoms with Crippen molar-refractivity contribution < 1.29 is 14.3 Å². The number of amides is 1. The van der Waals surface area contributed by atoms with Gasteiger partial charge in [0.15, 0.2) is 0 Å². The Labute approximate surface area is 98.8 Å². The molecule has 92 valence electrons. The first-order valence-corrected chi connectivity index (χ1v) is 5.54. The zero-order valence-corrected chi connectivity index (χ0v) is 9.53. The normalized spacial score (nSPS) is 23.7. The second-order valence-electron chi connectivity index (χ2n) is 4.30. The minimum atomic E-state index is -0.472.